The van der Waals surface area contributed by atoms with Gasteiger partial charge in [-0.15, -0.1) is 12.4 Å². The summed E-state index contributed by atoms with van der Waals surface area (Å²) in [5, 5.41) is 3.07. The van der Waals surface area contributed by atoms with Crippen molar-refractivity contribution in [2.45, 2.75) is 39.2 Å². The van der Waals surface area contributed by atoms with Crippen LogP contribution < -0.4 is 5.32 Å². The molecular weight excluding hydrogens is 252 g/mol. The van der Waals surface area contributed by atoms with Gasteiger partial charge < -0.3 is 15.0 Å². The highest BCUT2D eigenvalue weighted by atomic mass is 35.5. The van der Waals surface area contributed by atoms with E-state index in [0.717, 1.165) is 25.9 Å². The fourth-order valence-corrected chi connectivity index (χ4v) is 2.28. The van der Waals surface area contributed by atoms with Gasteiger partial charge in [-0.3, -0.25) is 4.79 Å². The van der Waals surface area contributed by atoms with Crippen molar-refractivity contribution in [2.75, 3.05) is 33.4 Å². The number of morpholine rings is 1. The van der Waals surface area contributed by atoms with Gasteiger partial charge in [0.25, 0.3) is 0 Å². The van der Waals surface area contributed by atoms with Crippen LogP contribution in [0.4, 0.5) is 0 Å². The summed E-state index contributed by atoms with van der Waals surface area (Å²) in [7, 11) is 1.92. The maximum Gasteiger partial charge on any atom is 0.223 e. The van der Waals surface area contributed by atoms with E-state index in [1.807, 2.05) is 11.9 Å². The second kappa shape index (κ2) is 9.59. The molecule has 18 heavy (non-hydrogen) atoms. The largest absolute Gasteiger partial charge is 0.377 e. The molecule has 1 rings (SSSR count). The number of hydrogen-bond acceptors (Lipinski definition) is 3. The van der Waals surface area contributed by atoms with Crippen molar-refractivity contribution in [3.8, 4) is 0 Å². The Bertz CT molecular complexity index is 237. The van der Waals surface area contributed by atoms with E-state index in [-0.39, 0.29) is 24.4 Å². The molecule has 0 radical (unpaired) electrons. The van der Waals surface area contributed by atoms with Crippen LogP contribution >= 0.6 is 12.4 Å². The third-order valence-corrected chi connectivity index (χ3v) is 3.11. The summed E-state index contributed by atoms with van der Waals surface area (Å²) in [6, 6.07) is 0.283. The third kappa shape index (κ3) is 6.03. The molecule has 0 aromatic carbocycles. The maximum atomic E-state index is 12.1. The Morgan fingerprint density at radius 1 is 1.50 bits per heavy atom. The van der Waals surface area contributed by atoms with E-state index < -0.39 is 0 Å². The molecule has 1 fully saturated rings. The first-order chi connectivity index (χ1) is 8.15. The summed E-state index contributed by atoms with van der Waals surface area (Å²) in [6.45, 7) is 7.44. The molecule has 1 aliphatic heterocycles. The molecule has 108 valence electrons. The first-order valence-corrected chi connectivity index (χ1v) is 6.67. The van der Waals surface area contributed by atoms with Crippen molar-refractivity contribution >= 4 is 18.3 Å². The van der Waals surface area contributed by atoms with E-state index in [9.17, 15) is 4.79 Å². The fraction of sp³-hybridized carbons (Fsp3) is 0.923. The smallest absolute Gasteiger partial charge is 0.223 e. The predicted octanol–water partition coefficient (Wildman–Crippen LogP) is 1.68. The summed E-state index contributed by atoms with van der Waals surface area (Å²) in [4.78, 5) is 14.1. The van der Waals surface area contributed by atoms with E-state index >= 15 is 0 Å². The molecule has 1 heterocycles. The number of nitrogens with one attached hydrogen (secondary N) is 1. The van der Waals surface area contributed by atoms with Gasteiger partial charge in [0.2, 0.25) is 5.91 Å². The summed E-state index contributed by atoms with van der Waals surface area (Å²) < 4.78 is 5.48. The standard InChI is InChI=1S/C13H26N2O2.ClH/c1-11(2)9-12-10-17-8-7-15(12)13(16)5-4-6-14-3;/h11-12,14H,4-10H2,1-3H3;1H. The Morgan fingerprint density at radius 3 is 2.83 bits per heavy atom. The first kappa shape index (κ1) is 17.7. The molecule has 0 aromatic heterocycles. The van der Waals surface area contributed by atoms with Gasteiger partial charge in [-0.05, 0) is 32.4 Å². The fourth-order valence-electron chi connectivity index (χ4n) is 2.28. The van der Waals surface area contributed by atoms with Crippen LogP contribution in [0.15, 0.2) is 0 Å². The van der Waals surface area contributed by atoms with Gasteiger partial charge in [-0.25, -0.2) is 0 Å². The number of halogens is 1. The minimum atomic E-state index is 0. The lowest BCUT2D eigenvalue weighted by Crippen LogP contribution is -2.49. The van der Waals surface area contributed by atoms with Crippen LogP contribution in [0.25, 0.3) is 0 Å². The van der Waals surface area contributed by atoms with Crippen molar-refractivity contribution < 1.29 is 9.53 Å². The molecule has 5 heteroatoms. The number of amides is 1. The molecular formula is C13H27ClN2O2. The SMILES string of the molecule is CNCCCC(=O)N1CCOCC1CC(C)C.Cl. The average Bonchev–Trinajstić information content (AvgIpc) is 2.29. The van der Waals surface area contributed by atoms with Crippen molar-refractivity contribution in [3.63, 3.8) is 0 Å². The van der Waals surface area contributed by atoms with E-state index in [0.29, 0.717) is 25.6 Å². The molecule has 0 saturated carbocycles. The van der Waals surface area contributed by atoms with Crippen LogP contribution in [0.5, 0.6) is 0 Å². The zero-order valence-corrected chi connectivity index (χ0v) is 12.6. The molecule has 1 amide bonds. The molecule has 1 saturated heterocycles. The van der Waals surface area contributed by atoms with E-state index in [1.165, 1.54) is 0 Å². The molecule has 1 aliphatic rings. The first-order valence-electron chi connectivity index (χ1n) is 6.67. The van der Waals surface area contributed by atoms with Crippen LogP contribution in [-0.2, 0) is 9.53 Å². The molecule has 1 atom stereocenters. The van der Waals surface area contributed by atoms with Crippen molar-refractivity contribution in [1.82, 2.24) is 10.2 Å². The monoisotopic (exact) mass is 278 g/mol. The highest BCUT2D eigenvalue weighted by molar-refractivity contribution is 5.85. The van der Waals surface area contributed by atoms with Gasteiger partial charge in [-0.2, -0.15) is 0 Å². The predicted molar refractivity (Wildman–Crippen MR) is 76.2 cm³/mol. The zero-order valence-electron chi connectivity index (χ0n) is 11.8. The Kier molecular flexibility index (Phi) is 9.42. The minimum Gasteiger partial charge on any atom is -0.377 e. The van der Waals surface area contributed by atoms with E-state index in [2.05, 4.69) is 19.2 Å². The summed E-state index contributed by atoms with van der Waals surface area (Å²) in [5.41, 5.74) is 0. The molecule has 0 aliphatic carbocycles. The average molecular weight is 279 g/mol. The Hall–Kier alpha value is -0.320. The van der Waals surface area contributed by atoms with Gasteiger partial charge in [-0.1, -0.05) is 13.8 Å². The van der Waals surface area contributed by atoms with Crippen molar-refractivity contribution in [1.29, 1.82) is 0 Å². The lowest BCUT2D eigenvalue weighted by atomic mass is 10.0. The van der Waals surface area contributed by atoms with Gasteiger partial charge in [0.1, 0.15) is 0 Å². The third-order valence-electron chi connectivity index (χ3n) is 3.11. The number of nitrogens with zero attached hydrogens (tertiary/aromatic N) is 1. The number of ether oxygens (including phenoxy) is 1. The van der Waals surface area contributed by atoms with Gasteiger partial charge >= 0.3 is 0 Å². The van der Waals surface area contributed by atoms with Gasteiger partial charge in [0, 0.05) is 13.0 Å². The Labute approximate surface area is 117 Å². The Balaban J connectivity index is 0.00000289. The summed E-state index contributed by atoms with van der Waals surface area (Å²) >= 11 is 0. The number of rotatable bonds is 6. The lowest BCUT2D eigenvalue weighted by molar-refractivity contribution is -0.140. The lowest BCUT2D eigenvalue weighted by Gasteiger charge is -2.36. The van der Waals surface area contributed by atoms with Crippen LogP contribution in [0.1, 0.15) is 33.1 Å². The molecule has 0 spiro atoms. The summed E-state index contributed by atoms with van der Waals surface area (Å²) in [5.74, 6) is 0.892. The highest BCUT2D eigenvalue weighted by Gasteiger charge is 2.27. The molecule has 0 bridgehead atoms. The highest BCUT2D eigenvalue weighted by Crippen LogP contribution is 2.16. The molecule has 0 aromatic rings. The second-order valence-electron chi connectivity index (χ2n) is 5.15. The normalized spacial score (nSPS) is 19.8. The number of carbonyl (C=O) groups excluding carboxylic acids is 1. The van der Waals surface area contributed by atoms with Crippen molar-refractivity contribution in [3.05, 3.63) is 0 Å². The Morgan fingerprint density at radius 2 is 2.22 bits per heavy atom. The van der Waals surface area contributed by atoms with E-state index in [1.54, 1.807) is 0 Å². The van der Waals surface area contributed by atoms with Crippen LogP contribution in [0.2, 0.25) is 0 Å². The van der Waals surface area contributed by atoms with Gasteiger partial charge in [0.05, 0.1) is 19.3 Å². The van der Waals surface area contributed by atoms with Crippen LogP contribution in [0.3, 0.4) is 0 Å². The van der Waals surface area contributed by atoms with E-state index in [4.69, 9.17) is 4.74 Å². The summed E-state index contributed by atoms with van der Waals surface area (Å²) in [6.07, 6.45) is 2.61. The maximum absolute atomic E-state index is 12.1. The van der Waals surface area contributed by atoms with Gasteiger partial charge in [0.15, 0.2) is 0 Å². The molecule has 4 nitrogen and oxygen atoms in total. The topological polar surface area (TPSA) is 41.6 Å². The van der Waals surface area contributed by atoms with Crippen LogP contribution in [-0.4, -0.2) is 50.2 Å². The second-order valence-corrected chi connectivity index (χ2v) is 5.15. The number of carbonyl (C=O) groups is 1. The molecule has 1 N–H and O–H groups in total. The number of hydrogen-bond donors (Lipinski definition) is 1. The quantitative estimate of drug-likeness (QED) is 0.752. The zero-order chi connectivity index (χ0) is 12.7. The van der Waals surface area contributed by atoms with Crippen molar-refractivity contribution in [2.24, 2.45) is 5.92 Å². The minimum absolute atomic E-state index is 0. The molecule has 1 unspecified atom stereocenters. The van der Waals surface area contributed by atoms with Crippen LogP contribution in [0, 0.1) is 5.92 Å².